The number of rotatable bonds is 5. The fourth-order valence-corrected chi connectivity index (χ4v) is 3.05. The van der Waals surface area contributed by atoms with Crippen molar-refractivity contribution in [2.45, 2.75) is 19.6 Å². The second kappa shape index (κ2) is 8.14. The van der Waals surface area contributed by atoms with Crippen molar-refractivity contribution in [3.63, 3.8) is 0 Å². The van der Waals surface area contributed by atoms with E-state index < -0.39 is 12.0 Å². The average Bonchev–Trinajstić information content (AvgIpc) is 2.66. The molecule has 27 heavy (non-hydrogen) atoms. The largest absolute Gasteiger partial charge is 0.489 e. The highest BCUT2D eigenvalue weighted by molar-refractivity contribution is 6.31. The predicted octanol–water partition coefficient (Wildman–Crippen LogP) is 3.72. The van der Waals surface area contributed by atoms with Gasteiger partial charge in [0.05, 0.1) is 18.7 Å². The van der Waals surface area contributed by atoms with Gasteiger partial charge >= 0.3 is 12.0 Å². The van der Waals surface area contributed by atoms with E-state index in [1.165, 1.54) is 7.11 Å². The maximum absolute atomic E-state index is 12.1. The minimum atomic E-state index is -0.594. The van der Waals surface area contributed by atoms with Crippen LogP contribution in [-0.2, 0) is 16.1 Å². The van der Waals surface area contributed by atoms with Gasteiger partial charge in [-0.1, -0.05) is 41.9 Å². The number of hydrogen-bond donors (Lipinski definition) is 2. The summed E-state index contributed by atoms with van der Waals surface area (Å²) in [7, 11) is 1.31. The number of esters is 1. The Bertz CT molecular complexity index is 893. The summed E-state index contributed by atoms with van der Waals surface area (Å²) >= 11 is 6.13. The van der Waals surface area contributed by atoms with E-state index in [2.05, 4.69) is 10.6 Å². The lowest BCUT2D eigenvalue weighted by molar-refractivity contribution is -0.136. The van der Waals surface area contributed by atoms with Crippen LogP contribution in [0.25, 0.3) is 0 Å². The molecule has 6 nitrogen and oxygen atoms in total. The summed E-state index contributed by atoms with van der Waals surface area (Å²) in [5.74, 6) is 0.156. The topological polar surface area (TPSA) is 76.7 Å². The van der Waals surface area contributed by atoms with Crippen LogP contribution in [0.4, 0.5) is 4.79 Å². The van der Waals surface area contributed by atoms with Crippen LogP contribution in [0, 0.1) is 0 Å². The smallest absolute Gasteiger partial charge is 0.337 e. The lowest BCUT2D eigenvalue weighted by atomic mass is 9.95. The second-order valence-electron chi connectivity index (χ2n) is 6.01. The molecule has 7 heteroatoms. The maximum atomic E-state index is 12.1. The van der Waals surface area contributed by atoms with Gasteiger partial charge in [0.2, 0.25) is 0 Å². The first-order chi connectivity index (χ1) is 13.0. The van der Waals surface area contributed by atoms with Crippen molar-refractivity contribution in [1.82, 2.24) is 10.6 Å². The molecule has 1 aliphatic rings. The van der Waals surface area contributed by atoms with E-state index in [4.69, 9.17) is 21.1 Å². The molecule has 0 aromatic heterocycles. The van der Waals surface area contributed by atoms with Gasteiger partial charge in [-0.3, -0.25) is 0 Å². The van der Waals surface area contributed by atoms with Crippen molar-refractivity contribution in [1.29, 1.82) is 0 Å². The summed E-state index contributed by atoms with van der Waals surface area (Å²) in [5, 5.41) is 5.99. The van der Waals surface area contributed by atoms with Gasteiger partial charge < -0.3 is 20.1 Å². The highest BCUT2D eigenvalue weighted by Gasteiger charge is 2.31. The monoisotopic (exact) mass is 386 g/mol. The molecule has 0 aliphatic carbocycles. The molecule has 0 spiro atoms. The van der Waals surface area contributed by atoms with Gasteiger partial charge in [0.15, 0.2) is 0 Å². The Morgan fingerprint density at radius 1 is 1.15 bits per heavy atom. The zero-order valence-corrected chi connectivity index (χ0v) is 15.7. The average molecular weight is 387 g/mol. The Hall–Kier alpha value is -2.99. The summed E-state index contributed by atoms with van der Waals surface area (Å²) < 4.78 is 10.6. The van der Waals surface area contributed by atoms with Gasteiger partial charge in [-0.2, -0.15) is 0 Å². The van der Waals surface area contributed by atoms with Gasteiger partial charge in [-0.25, -0.2) is 9.59 Å². The van der Waals surface area contributed by atoms with Crippen molar-refractivity contribution in [2.75, 3.05) is 7.11 Å². The van der Waals surface area contributed by atoms with E-state index in [0.717, 1.165) is 11.1 Å². The Balaban J connectivity index is 1.77. The Morgan fingerprint density at radius 2 is 1.85 bits per heavy atom. The molecule has 140 valence electrons. The number of methoxy groups -OCH3 is 1. The first-order valence-electron chi connectivity index (χ1n) is 8.32. The standard InChI is InChI=1S/C20H19ClN2O4/c1-12-17(19(24)26-2)18(23-20(25)22-12)13-7-9-15(10-8-13)27-11-14-5-3-4-6-16(14)21/h3-10,18H,11H2,1-2H3,(H2,22,23,25). The molecular formula is C20H19ClN2O4. The van der Waals surface area contributed by atoms with Crippen molar-refractivity contribution in [3.8, 4) is 5.75 Å². The van der Waals surface area contributed by atoms with Crippen molar-refractivity contribution in [2.24, 2.45) is 0 Å². The molecule has 0 radical (unpaired) electrons. The number of carbonyl (C=O) groups excluding carboxylic acids is 2. The summed E-state index contributed by atoms with van der Waals surface area (Å²) in [6.45, 7) is 2.01. The minimum absolute atomic E-state index is 0.343. The molecule has 1 unspecified atom stereocenters. The van der Waals surface area contributed by atoms with Crippen molar-refractivity contribution >= 4 is 23.6 Å². The van der Waals surface area contributed by atoms with E-state index >= 15 is 0 Å². The van der Waals surface area contributed by atoms with Gasteiger partial charge in [0, 0.05) is 16.3 Å². The first-order valence-corrected chi connectivity index (χ1v) is 8.70. The Kier molecular flexibility index (Phi) is 5.66. The second-order valence-corrected chi connectivity index (χ2v) is 6.42. The molecular weight excluding hydrogens is 368 g/mol. The van der Waals surface area contributed by atoms with E-state index in [0.29, 0.717) is 28.6 Å². The van der Waals surface area contributed by atoms with Crippen LogP contribution < -0.4 is 15.4 Å². The lowest BCUT2D eigenvalue weighted by Crippen LogP contribution is -2.45. The molecule has 2 aromatic carbocycles. The fraction of sp³-hybridized carbons (Fsp3) is 0.200. The van der Waals surface area contributed by atoms with Crippen LogP contribution >= 0.6 is 11.6 Å². The molecule has 1 heterocycles. The van der Waals surface area contributed by atoms with Crippen LogP contribution in [-0.4, -0.2) is 19.1 Å². The van der Waals surface area contributed by atoms with E-state index in [1.54, 1.807) is 31.2 Å². The molecule has 0 fully saturated rings. The van der Waals surface area contributed by atoms with Crippen LogP contribution in [0.3, 0.4) is 0 Å². The zero-order chi connectivity index (χ0) is 19.4. The van der Waals surface area contributed by atoms with E-state index in [9.17, 15) is 9.59 Å². The number of carbonyl (C=O) groups is 2. The van der Waals surface area contributed by atoms with Gasteiger partial charge in [0.25, 0.3) is 0 Å². The highest BCUT2D eigenvalue weighted by atomic mass is 35.5. The molecule has 0 saturated carbocycles. The molecule has 3 rings (SSSR count). The lowest BCUT2D eigenvalue weighted by Gasteiger charge is -2.27. The Labute approximate surface area is 162 Å². The molecule has 1 aliphatic heterocycles. The first kappa shape index (κ1) is 18.8. The quantitative estimate of drug-likeness (QED) is 0.768. The molecule has 1 atom stereocenters. The van der Waals surface area contributed by atoms with Crippen LogP contribution in [0.15, 0.2) is 59.8 Å². The number of urea groups is 1. The van der Waals surface area contributed by atoms with Crippen molar-refractivity contribution in [3.05, 3.63) is 76.0 Å². The van der Waals surface area contributed by atoms with Crippen LogP contribution in [0.5, 0.6) is 5.75 Å². The minimum Gasteiger partial charge on any atom is -0.489 e. The van der Waals surface area contributed by atoms with Gasteiger partial charge in [0.1, 0.15) is 12.4 Å². The number of nitrogens with one attached hydrogen (secondary N) is 2. The summed E-state index contributed by atoms with van der Waals surface area (Å²) in [5.41, 5.74) is 2.46. The summed E-state index contributed by atoms with van der Waals surface area (Å²) in [6.07, 6.45) is 0. The van der Waals surface area contributed by atoms with E-state index in [1.807, 2.05) is 24.3 Å². The number of benzene rings is 2. The van der Waals surface area contributed by atoms with E-state index in [-0.39, 0.29) is 6.03 Å². The van der Waals surface area contributed by atoms with Crippen molar-refractivity contribution < 1.29 is 19.1 Å². The summed E-state index contributed by atoms with van der Waals surface area (Å²) in [6, 6.07) is 13.7. The molecule has 0 saturated heterocycles. The van der Waals surface area contributed by atoms with Crippen LogP contribution in [0.1, 0.15) is 24.1 Å². The molecule has 2 N–H and O–H groups in total. The number of allylic oxidation sites excluding steroid dienone is 1. The molecule has 2 aromatic rings. The maximum Gasteiger partial charge on any atom is 0.337 e. The van der Waals surface area contributed by atoms with Gasteiger partial charge in [-0.05, 0) is 30.7 Å². The van der Waals surface area contributed by atoms with Crippen LogP contribution in [0.2, 0.25) is 5.02 Å². The SMILES string of the molecule is COC(=O)C1=C(C)NC(=O)NC1c1ccc(OCc2ccccc2Cl)cc1. The molecule has 2 amide bonds. The Morgan fingerprint density at radius 3 is 2.52 bits per heavy atom. The zero-order valence-electron chi connectivity index (χ0n) is 14.9. The number of hydrogen-bond acceptors (Lipinski definition) is 4. The van der Waals surface area contributed by atoms with Gasteiger partial charge in [-0.15, -0.1) is 0 Å². The number of halogens is 1. The highest BCUT2D eigenvalue weighted by Crippen LogP contribution is 2.29. The third-order valence-corrected chi connectivity index (χ3v) is 4.61. The predicted molar refractivity (Wildman–Crippen MR) is 101 cm³/mol. The fourth-order valence-electron chi connectivity index (χ4n) is 2.86. The summed E-state index contributed by atoms with van der Waals surface area (Å²) in [4.78, 5) is 23.9. The normalized spacial score (nSPS) is 16.4. The third kappa shape index (κ3) is 4.23. The number of ether oxygens (including phenoxy) is 2. The number of amides is 2. The third-order valence-electron chi connectivity index (χ3n) is 4.24. The molecule has 0 bridgehead atoms.